The minimum atomic E-state index is -1.14. The van der Waals surface area contributed by atoms with Gasteiger partial charge < -0.3 is 14.2 Å². The average molecular weight is 316 g/mol. The first kappa shape index (κ1) is 17.7. The van der Waals surface area contributed by atoms with Crippen molar-refractivity contribution in [3.8, 4) is 0 Å². The summed E-state index contributed by atoms with van der Waals surface area (Å²) >= 11 is 0. The number of hydrogen-bond acceptors (Lipinski definition) is 8. The molecule has 1 rings (SSSR count). The summed E-state index contributed by atoms with van der Waals surface area (Å²) in [7, 11) is 0. The Labute approximate surface area is 125 Å². The van der Waals surface area contributed by atoms with E-state index in [-0.39, 0.29) is 39.2 Å². The molecule has 0 radical (unpaired) electrons. The third-order valence-corrected chi connectivity index (χ3v) is 2.39. The van der Waals surface area contributed by atoms with Crippen LogP contribution in [0, 0.1) is 0 Å². The molecule has 1 fully saturated rings. The second kappa shape index (κ2) is 10.4. The zero-order chi connectivity index (χ0) is 16.2. The molecule has 0 aromatic carbocycles. The number of nitrogens with zero attached hydrogens (tertiary/aromatic N) is 4. The lowest BCUT2D eigenvalue weighted by Crippen LogP contribution is -2.32. The topological polar surface area (TPSA) is 140 Å². The molecule has 11 nitrogen and oxygen atoms in total. The molecule has 0 bridgehead atoms. The molecule has 0 aromatic heterocycles. The highest BCUT2D eigenvalue weighted by Crippen LogP contribution is 2.12. The SMILES string of the molecule is [N-]=[N+]=NCCOCCOCCOC(=O)ON1C(=O)CCC1=O. The number of azide groups is 1. The summed E-state index contributed by atoms with van der Waals surface area (Å²) in [5.41, 5.74) is 8.02. The fourth-order valence-corrected chi connectivity index (χ4v) is 1.41. The van der Waals surface area contributed by atoms with Gasteiger partial charge in [-0.1, -0.05) is 10.2 Å². The smallest absolute Gasteiger partial charge is 0.430 e. The van der Waals surface area contributed by atoms with Crippen LogP contribution in [0.15, 0.2) is 5.11 Å². The molecule has 2 amide bonds. The summed E-state index contributed by atoms with van der Waals surface area (Å²) < 4.78 is 14.8. The molecule has 0 N–H and O–H groups in total. The molecule has 0 aliphatic carbocycles. The lowest BCUT2D eigenvalue weighted by Gasteiger charge is -2.12. The van der Waals surface area contributed by atoms with Crippen molar-refractivity contribution in [2.24, 2.45) is 5.11 Å². The molecule has 22 heavy (non-hydrogen) atoms. The molecule has 1 aliphatic rings. The first-order valence-electron chi connectivity index (χ1n) is 6.52. The van der Waals surface area contributed by atoms with Crippen molar-refractivity contribution in [2.75, 3.05) is 39.6 Å². The van der Waals surface area contributed by atoms with Gasteiger partial charge in [-0.3, -0.25) is 14.4 Å². The van der Waals surface area contributed by atoms with Gasteiger partial charge in [0.05, 0.1) is 26.4 Å². The van der Waals surface area contributed by atoms with Gasteiger partial charge in [-0.25, -0.2) is 4.79 Å². The van der Waals surface area contributed by atoms with E-state index in [1.807, 2.05) is 0 Å². The van der Waals surface area contributed by atoms with Crippen LogP contribution in [0.2, 0.25) is 0 Å². The van der Waals surface area contributed by atoms with Crippen LogP contribution in [-0.4, -0.2) is 62.6 Å². The van der Waals surface area contributed by atoms with Crippen molar-refractivity contribution in [3.05, 3.63) is 10.4 Å². The van der Waals surface area contributed by atoms with Crippen LogP contribution >= 0.6 is 0 Å². The van der Waals surface area contributed by atoms with E-state index in [4.69, 9.17) is 15.0 Å². The van der Waals surface area contributed by atoms with E-state index in [9.17, 15) is 14.4 Å². The second-order valence-electron chi connectivity index (χ2n) is 3.95. The van der Waals surface area contributed by atoms with Gasteiger partial charge in [-0.05, 0) is 5.53 Å². The van der Waals surface area contributed by atoms with Gasteiger partial charge in [0, 0.05) is 24.3 Å². The molecule has 0 unspecified atom stereocenters. The van der Waals surface area contributed by atoms with Crippen molar-refractivity contribution in [1.29, 1.82) is 0 Å². The molecule has 0 aromatic rings. The van der Waals surface area contributed by atoms with Crippen LogP contribution in [0.5, 0.6) is 0 Å². The van der Waals surface area contributed by atoms with E-state index in [0.29, 0.717) is 18.3 Å². The normalized spacial score (nSPS) is 13.9. The van der Waals surface area contributed by atoms with E-state index < -0.39 is 18.0 Å². The maximum atomic E-state index is 11.2. The number of carbonyl (C=O) groups is 3. The first-order chi connectivity index (χ1) is 10.6. The van der Waals surface area contributed by atoms with Gasteiger partial charge in [0.25, 0.3) is 11.8 Å². The highest BCUT2D eigenvalue weighted by Gasteiger charge is 2.33. The van der Waals surface area contributed by atoms with Crippen LogP contribution in [0.4, 0.5) is 4.79 Å². The molecule has 0 saturated carbocycles. The fraction of sp³-hybridized carbons (Fsp3) is 0.727. The number of amides is 2. The number of hydroxylamine groups is 2. The van der Waals surface area contributed by atoms with E-state index in [0.717, 1.165) is 0 Å². The molecule has 0 atom stereocenters. The molecular formula is C11H16N4O7. The molecule has 11 heteroatoms. The molecule has 1 heterocycles. The molecule has 1 aliphatic heterocycles. The van der Waals surface area contributed by atoms with E-state index in [1.165, 1.54) is 0 Å². The summed E-state index contributed by atoms with van der Waals surface area (Å²) in [5, 5.41) is 3.69. The van der Waals surface area contributed by atoms with Crippen LogP contribution in [0.3, 0.4) is 0 Å². The third kappa shape index (κ3) is 6.88. The Morgan fingerprint density at radius 1 is 1.09 bits per heavy atom. The van der Waals surface area contributed by atoms with E-state index >= 15 is 0 Å². The average Bonchev–Trinajstić information content (AvgIpc) is 2.81. The van der Waals surface area contributed by atoms with Gasteiger partial charge in [0.2, 0.25) is 0 Å². The van der Waals surface area contributed by atoms with Gasteiger partial charge in [-0.15, -0.1) is 0 Å². The number of carbonyl (C=O) groups excluding carboxylic acids is 3. The highest BCUT2D eigenvalue weighted by molar-refractivity contribution is 6.01. The van der Waals surface area contributed by atoms with Gasteiger partial charge in [0.15, 0.2) is 0 Å². The molecule has 1 saturated heterocycles. The Hall–Kier alpha value is -2.36. The Morgan fingerprint density at radius 2 is 1.68 bits per heavy atom. The number of ether oxygens (including phenoxy) is 3. The molecule has 0 spiro atoms. The summed E-state index contributed by atoms with van der Waals surface area (Å²) in [6.07, 6.45) is -1.10. The monoisotopic (exact) mass is 316 g/mol. The predicted molar refractivity (Wildman–Crippen MR) is 69.2 cm³/mol. The minimum Gasteiger partial charge on any atom is -0.430 e. The third-order valence-electron chi connectivity index (χ3n) is 2.39. The largest absolute Gasteiger partial charge is 0.534 e. The maximum Gasteiger partial charge on any atom is 0.534 e. The zero-order valence-electron chi connectivity index (χ0n) is 11.8. The lowest BCUT2D eigenvalue weighted by atomic mass is 10.4. The van der Waals surface area contributed by atoms with Crippen molar-refractivity contribution < 1.29 is 33.4 Å². The van der Waals surface area contributed by atoms with Crippen molar-refractivity contribution in [2.45, 2.75) is 12.8 Å². The van der Waals surface area contributed by atoms with Crippen LogP contribution in [0.1, 0.15) is 12.8 Å². The molecule has 122 valence electrons. The van der Waals surface area contributed by atoms with Crippen molar-refractivity contribution in [3.63, 3.8) is 0 Å². The summed E-state index contributed by atoms with van der Waals surface area (Å²) in [5.74, 6) is -1.15. The lowest BCUT2D eigenvalue weighted by molar-refractivity contribution is -0.177. The van der Waals surface area contributed by atoms with Crippen LogP contribution < -0.4 is 0 Å². The standard InChI is InChI=1S/C11H16N4O7/c12-14-13-3-4-19-5-6-20-7-8-21-11(18)22-15-9(16)1-2-10(15)17/h1-8H2. The minimum absolute atomic E-state index is 0.0227. The Balaban J connectivity index is 1.96. The summed E-state index contributed by atoms with van der Waals surface area (Å²) in [4.78, 5) is 40.6. The van der Waals surface area contributed by atoms with E-state index in [1.54, 1.807) is 0 Å². The number of rotatable bonds is 10. The summed E-state index contributed by atoms with van der Waals surface area (Å²) in [6, 6.07) is 0. The van der Waals surface area contributed by atoms with Crippen molar-refractivity contribution in [1.82, 2.24) is 5.06 Å². The van der Waals surface area contributed by atoms with Crippen LogP contribution in [-0.2, 0) is 28.6 Å². The fourth-order valence-electron chi connectivity index (χ4n) is 1.41. The Bertz CT molecular complexity index is 434. The summed E-state index contributed by atoms with van der Waals surface area (Å²) in [6.45, 7) is 1.15. The van der Waals surface area contributed by atoms with Crippen LogP contribution in [0.25, 0.3) is 10.4 Å². The predicted octanol–water partition coefficient (Wildman–Crippen LogP) is 0.547. The first-order valence-corrected chi connectivity index (χ1v) is 6.52. The van der Waals surface area contributed by atoms with Gasteiger partial charge in [-0.2, -0.15) is 0 Å². The Morgan fingerprint density at radius 3 is 2.32 bits per heavy atom. The Kier molecular flexibility index (Phi) is 8.35. The number of hydrogen-bond donors (Lipinski definition) is 0. The highest BCUT2D eigenvalue weighted by atomic mass is 16.8. The van der Waals surface area contributed by atoms with Gasteiger partial charge >= 0.3 is 6.16 Å². The maximum absolute atomic E-state index is 11.2. The number of imide groups is 1. The molecular weight excluding hydrogens is 300 g/mol. The van der Waals surface area contributed by atoms with Crippen molar-refractivity contribution >= 4 is 18.0 Å². The van der Waals surface area contributed by atoms with E-state index in [2.05, 4.69) is 19.6 Å². The quantitative estimate of drug-likeness (QED) is 0.143. The van der Waals surface area contributed by atoms with Gasteiger partial charge in [0.1, 0.15) is 6.61 Å². The second-order valence-corrected chi connectivity index (χ2v) is 3.95. The zero-order valence-corrected chi connectivity index (χ0v) is 11.8.